The number of nitriles is 1. The number of nitrogens with zero attached hydrogens (tertiary/aromatic N) is 5. The van der Waals surface area contributed by atoms with Crippen molar-refractivity contribution in [1.29, 1.82) is 5.26 Å². The number of ether oxygens (including phenoxy) is 4. The maximum absolute atomic E-state index is 17.5. The summed E-state index contributed by atoms with van der Waals surface area (Å²) >= 11 is 7.76. The van der Waals surface area contributed by atoms with E-state index in [9.17, 15) is 23.2 Å². The fourth-order valence-corrected chi connectivity index (χ4v) is 9.66. The maximum Gasteiger partial charge on any atom is 0.412 e. The van der Waals surface area contributed by atoms with Crippen LogP contribution in [0.15, 0.2) is 12.1 Å². The molecule has 11 nitrogen and oxygen atoms in total. The van der Waals surface area contributed by atoms with Gasteiger partial charge in [0.05, 0.1) is 38.9 Å². The van der Waals surface area contributed by atoms with Crippen molar-refractivity contribution in [2.24, 2.45) is 0 Å². The van der Waals surface area contributed by atoms with Gasteiger partial charge >= 0.3 is 12.1 Å². The van der Waals surface area contributed by atoms with Gasteiger partial charge in [-0.05, 0) is 58.2 Å². The number of thiophene rings is 1. The van der Waals surface area contributed by atoms with Crippen LogP contribution in [0.4, 0.5) is 37.6 Å². The van der Waals surface area contributed by atoms with Gasteiger partial charge in [0.1, 0.15) is 59.3 Å². The number of rotatable bonds is 7. The molecule has 2 aromatic carbocycles. The number of aromatic nitrogens is 2. The second kappa shape index (κ2) is 14.1. The fourth-order valence-electron chi connectivity index (χ4n) is 8.26. The highest BCUT2D eigenvalue weighted by atomic mass is 35.5. The molecule has 0 radical (unpaired) electrons. The van der Waals surface area contributed by atoms with Crippen LogP contribution in [-0.4, -0.2) is 96.3 Å². The lowest BCUT2D eigenvalue weighted by atomic mass is 9.95. The van der Waals surface area contributed by atoms with Crippen molar-refractivity contribution in [2.45, 2.75) is 82.3 Å². The normalized spacial score (nSPS) is 23.9. The van der Waals surface area contributed by atoms with Gasteiger partial charge in [0, 0.05) is 30.5 Å². The van der Waals surface area contributed by atoms with Crippen LogP contribution in [0, 0.1) is 23.0 Å². The molecule has 292 valence electrons. The first-order chi connectivity index (χ1) is 26.2. The van der Waals surface area contributed by atoms with Gasteiger partial charge in [-0.25, -0.2) is 26.7 Å². The molecule has 3 saturated heterocycles. The van der Waals surface area contributed by atoms with E-state index in [2.05, 4.69) is 15.3 Å². The van der Waals surface area contributed by atoms with E-state index in [0.29, 0.717) is 26.0 Å². The first kappa shape index (κ1) is 37.7. The third-order valence-corrected chi connectivity index (χ3v) is 12.0. The summed E-state index contributed by atoms with van der Waals surface area (Å²) in [6.07, 6.45) is -2.82. The average Bonchev–Trinajstić information content (AvgIpc) is 3.89. The minimum absolute atomic E-state index is 0.0267. The number of benzene rings is 2. The van der Waals surface area contributed by atoms with E-state index < -0.39 is 60.2 Å². The van der Waals surface area contributed by atoms with Crippen molar-refractivity contribution >= 4 is 60.8 Å². The molecule has 1 N–H and O–H groups in total. The molecule has 4 aliphatic heterocycles. The van der Waals surface area contributed by atoms with Crippen LogP contribution in [0.5, 0.6) is 11.8 Å². The predicted octanol–water partition coefficient (Wildman–Crippen LogP) is 8.24. The first-order valence-electron chi connectivity index (χ1n) is 17.9. The van der Waals surface area contributed by atoms with Crippen molar-refractivity contribution in [3.05, 3.63) is 34.4 Å². The van der Waals surface area contributed by atoms with Crippen LogP contribution in [0.25, 0.3) is 32.1 Å². The highest BCUT2D eigenvalue weighted by Gasteiger charge is 2.50. The van der Waals surface area contributed by atoms with Crippen molar-refractivity contribution in [3.63, 3.8) is 0 Å². The number of fused-ring (bicyclic) bond motifs is 2. The minimum atomic E-state index is -2.95. The summed E-state index contributed by atoms with van der Waals surface area (Å²) in [4.78, 5) is 25.2. The molecule has 8 rings (SSSR count). The van der Waals surface area contributed by atoms with E-state index in [1.807, 2.05) is 11.0 Å². The quantitative estimate of drug-likeness (QED) is 0.183. The maximum atomic E-state index is 17.5. The summed E-state index contributed by atoms with van der Waals surface area (Å²) in [5.41, 5.74) is -2.51. The molecule has 0 bridgehead atoms. The van der Waals surface area contributed by atoms with Gasteiger partial charge in [-0.2, -0.15) is 15.2 Å². The largest absolute Gasteiger partial charge is 0.489 e. The van der Waals surface area contributed by atoms with Gasteiger partial charge in [-0.3, -0.25) is 10.2 Å². The SMILES string of the molecule is CC(C)(C)OC(=O)Nc1sc2c(F)ccc(-c3c(Cl)c4c5c(nc(OC[C@@]67CCCN6C[C@H](F)C7)nc5c3F)N(C3CCOC3)[C@@H](C(F)F)CO4)c2c1C#N. The van der Waals surface area contributed by atoms with Gasteiger partial charge < -0.3 is 23.8 Å². The minimum Gasteiger partial charge on any atom is -0.489 e. The second-order valence-electron chi connectivity index (χ2n) is 15.2. The molecule has 3 fully saturated rings. The summed E-state index contributed by atoms with van der Waals surface area (Å²) < 4.78 is 101. The van der Waals surface area contributed by atoms with E-state index in [4.69, 9.17) is 30.5 Å². The molecule has 4 atom stereocenters. The Morgan fingerprint density at radius 2 is 2.04 bits per heavy atom. The van der Waals surface area contributed by atoms with Gasteiger partial charge in [-0.15, -0.1) is 11.3 Å². The Balaban J connectivity index is 1.33. The fraction of sp³-hybridized carbons (Fsp3) is 0.514. The van der Waals surface area contributed by atoms with Crippen LogP contribution >= 0.6 is 22.9 Å². The lowest BCUT2D eigenvalue weighted by Gasteiger charge is -2.35. The smallest absolute Gasteiger partial charge is 0.412 e. The van der Waals surface area contributed by atoms with Crippen LogP contribution in [0.3, 0.4) is 0 Å². The summed E-state index contributed by atoms with van der Waals surface area (Å²) in [6.45, 7) is 5.66. The molecule has 55 heavy (non-hydrogen) atoms. The number of carbonyl (C=O) groups is 1. The molecule has 4 aromatic rings. The molecule has 1 unspecified atom stereocenters. The van der Waals surface area contributed by atoms with Crippen LogP contribution in [-0.2, 0) is 9.47 Å². The number of hydrogen-bond acceptors (Lipinski definition) is 11. The van der Waals surface area contributed by atoms with Crippen molar-refractivity contribution < 1.29 is 45.7 Å². The first-order valence-corrected chi connectivity index (χ1v) is 19.1. The van der Waals surface area contributed by atoms with Crippen LogP contribution in [0.2, 0.25) is 5.02 Å². The zero-order chi connectivity index (χ0) is 39.0. The van der Waals surface area contributed by atoms with E-state index in [-0.39, 0.29) is 91.5 Å². The molecule has 2 aromatic heterocycles. The molecule has 0 spiro atoms. The van der Waals surface area contributed by atoms with Gasteiger partial charge in [0.25, 0.3) is 6.43 Å². The third-order valence-electron chi connectivity index (χ3n) is 10.6. The summed E-state index contributed by atoms with van der Waals surface area (Å²) in [6, 6.07) is 1.78. The van der Waals surface area contributed by atoms with Gasteiger partial charge in [0.2, 0.25) is 0 Å². The monoisotopic (exact) mass is 806 g/mol. The molecular weight excluding hydrogens is 771 g/mol. The number of anilines is 2. The second-order valence-corrected chi connectivity index (χ2v) is 16.6. The molecule has 6 heterocycles. The number of alkyl halides is 3. The third kappa shape index (κ3) is 6.54. The standard InChI is InChI=1S/C37H36ClF5N6O5S/c1-36(2,3)54-35(50)47-33-20(12-44)23-19(5-6-21(40)30(23)55-33)24-26(38)29-25-28(27(24)41)45-34(53-16-37-8-4-9-48(37)13-17(39)11-37)46-32(25)49(18-7-10-51-14-18)22(15-52-29)31(42)43/h5-6,17-18,22,31H,4,7-11,13-16H2,1-3H3,(H,47,50)/t17-,18?,22-,37+/m1/s1. The Hall–Kier alpha value is -4.24. The van der Waals surface area contributed by atoms with E-state index in [1.165, 1.54) is 11.0 Å². The Kier molecular flexibility index (Phi) is 9.62. The highest BCUT2D eigenvalue weighted by molar-refractivity contribution is 7.23. The summed E-state index contributed by atoms with van der Waals surface area (Å²) in [7, 11) is 0. The van der Waals surface area contributed by atoms with Crippen molar-refractivity contribution in [1.82, 2.24) is 14.9 Å². The molecule has 0 saturated carbocycles. The van der Waals surface area contributed by atoms with E-state index in [1.54, 1.807) is 20.8 Å². The Morgan fingerprint density at radius 3 is 2.75 bits per heavy atom. The van der Waals surface area contributed by atoms with Gasteiger partial charge in [0.15, 0.2) is 11.6 Å². The number of halogens is 6. The Morgan fingerprint density at radius 1 is 1.24 bits per heavy atom. The Bertz CT molecular complexity index is 2240. The van der Waals surface area contributed by atoms with Crippen molar-refractivity contribution in [2.75, 3.05) is 49.7 Å². The zero-order valence-electron chi connectivity index (χ0n) is 30.0. The average molecular weight is 807 g/mol. The zero-order valence-corrected chi connectivity index (χ0v) is 31.6. The van der Waals surface area contributed by atoms with E-state index >= 15 is 8.78 Å². The molecule has 18 heteroatoms. The van der Waals surface area contributed by atoms with Crippen molar-refractivity contribution in [3.8, 4) is 29.0 Å². The molecule has 0 aliphatic carbocycles. The molecule has 1 amide bonds. The Labute approximate surface area is 321 Å². The van der Waals surface area contributed by atoms with Gasteiger partial charge in [-0.1, -0.05) is 17.7 Å². The topological polar surface area (TPSA) is 122 Å². The molecule has 4 aliphatic rings. The summed E-state index contributed by atoms with van der Waals surface area (Å²) in [5.74, 6) is -2.11. The number of nitrogens with one attached hydrogen (secondary N) is 1. The predicted molar refractivity (Wildman–Crippen MR) is 195 cm³/mol. The lowest BCUT2D eigenvalue weighted by Crippen LogP contribution is -2.50. The number of carbonyl (C=O) groups excluding carboxylic acids is 1. The molecular formula is C37H36ClF5N6O5S. The lowest BCUT2D eigenvalue weighted by molar-refractivity contribution is 0.0636. The highest BCUT2D eigenvalue weighted by Crippen LogP contribution is 2.52. The van der Waals surface area contributed by atoms with E-state index in [0.717, 1.165) is 23.8 Å². The summed E-state index contributed by atoms with van der Waals surface area (Å²) in [5, 5.41) is 12.3. The van der Waals surface area contributed by atoms with Crippen LogP contribution in [0.1, 0.15) is 52.0 Å². The van der Waals surface area contributed by atoms with Crippen LogP contribution < -0.4 is 19.7 Å². The number of amides is 1. The number of hydrogen-bond donors (Lipinski definition) is 1.